The Balaban J connectivity index is 1.51. The Kier molecular flexibility index (Phi) is 4.72. The Hall–Kier alpha value is -1.38. The van der Waals surface area contributed by atoms with Crippen LogP contribution in [0.15, 0.2) is 12.2 Å². The van der Waals surface area contributed by atoms with E-state index >= 15 is 0 Å². The predicted octanol–water partition coefficient (Wildman–Crippen LogP) is 1.92. The molecule has 4 aliphatic rings. The monoisotopic (exact) mass is 330 g/mol. The van der Waals surface area contributed by atoms with Crippen LogP contribution in [0, 0.1) is 12.5 Å². The molecule has 1 amide bonds. The van der Waals surface area contributed by atoms with Crippen molar-refractivity contribution in [3.05, 3.63) is 23.6 Å². The average molecular weight is 330 g/mol. The molecule has 0 aromatic rings. The molecule has 0 spiro atoms. The number of hydrogen-bond acceptors (Lipinski definition) is 3. The van der Waals surface area contributed by atoms with Gasteiger partial charge >= 0.3 is 0 Å². The van der Waals surface area contributed by atoms with Crippen molar-refractivity contribution in [3.8, 4) is 0 Å². The molecule has 4 fully saturated rings. The lowest BCUT2D eigenvalue weighted by atomic mass is 9.50. The summed E-state index contributed by atoms with van der Waals surface area (Å²) in [5.41, 5.74) is 0.487. The van der Waals surface area contributed by atoms with E-state index in [-0.39, 0.29) is 17.5 Å². The lowest BCUT2D eigenvalue weighted by molar-refractivity contribution is -0.131. The number of carbonyl (C=O) groups excluding carboxylic acids is 1. The van der Waals surface area contributed by atoms with Gasteiger partial charge in [-0.3, -0.25) is 9.69 Å². The van der Waals surface area contributed by atoms with Gasteiger partial charge < -0.3 is 15.1 Å². The van der Waals surface area contributed by atoms with Crippen molar-refractivity contribution in [1.82, 2.24) is 15.1 Å². The van der Waals surface area contributed by atoms with Gasteiger partial charge in [0, 0.05) is 43.3 Å². The van der Waals surface area contributed by atoms with Gasteiger partial charge in [0.15, 0.2) is 0 Å². The highest BCUT2D eigenvalue weighted by Gasteiger charge is 2.55. The summed E-state index contributed by atoms with van der Waals surface area (Å²) in [6.45, 7) is 17.3. The molecule has 1 unspecified atom stereocenters. The molecule has 1 atom stereocenters. The van der Waals surface area contributed by atoms with Crippen molar-refractivity contribution in [2.75, 3.05) is 32.7 Å². The highest BCUT2D eigenvalue weighted by Crippen LogP contribution is 2.56. The highest BCUT2D eigenvalue weighted by atomic mass is 16.2. The van der Waals surface area contributed by atoms with Crippen molar-refractivity contribution in [3.63, 3.8) is 0 Å². The first kappa shape index (κ1) is 17.4. The fourth-order valence-corrected chi connectivity index (χ4v) is 4.24. The highest BCUT2D eigenvalue weighted by molar-refractivity contribution is 5.88. The van der Waals surface area contributed by atoms with E-state index in [0.29, 0.717) is 18.6 Å². The van der Waals surface area contributed by atoms with Crippen molar-refractivity contribution >= 4 is 5.91 Å². The van der Waals surface area contributed by atoms with Gasteiger partial charge in [0.1, 0.15) is 6.04 Å². The number of amides is 1. The maximum Gasteiger partial charge on any atom is 0.246 e. The zero-order chi connectivity index (χ0) is 17.4. The molecule has 1 saturated heterocycles. The first-order valence-corrected chi connectivity index (χ1v) is 9.13. The van der Waals surface area contributed by atoms with Gasteiger partial charge in [-0.15, -0.1) is 0 Å². The van der Waals surface area contributed by atoms with Crippen LogP contribution in [0.2, 0.25) is 0 Å². The predicted molar refractivity (Wildman–Crippen MR) is 95.5 cm³/mol. The molecule has 3 aliphatic carbocycles. The summed E-state index contributed by atoms with van der Waals surface area (Å²) < 4.78 is 0. The molecule has 0 aromatic heterocycles. The lowest BCUT2D eigenvalue weighted by Crippen LogP contribution is -2.66. The normalized spacial score (nSPS) is 33.0. The largest absolute Gasteiger partial charge is 0.326 e. The molecule has 4 rings (SSSR count). The van der Waals surface area contributed by atoms with Crippen molar-refractivity contribution in [1.29, 1.82) is 0 Å². The SMILES string of the molecule is [C-]#[N+]CC1CN(C(C)(C)C)CCN1C(=O)/C=C/CNC12CC(C1)C2. The molecule has 1 N–H and O–H groups in total. The Morgan fingerprint density at radius 1 is 1.33 bits per heavy atom. The fourth-order valence-electron chi connectivity index (χ4n) is 4.24. The number of nitrogens with zero attached hydrogens (tertiary/aromatic N) is 3. The van der Waals surface area contributed by atoms with Crippen molar-refractivity contribution < 1.29 is 4.79 Å². The second-order valence-corrected chi connectivity index (χ2v) is 8.68. The maximum atomic E-state index is 12.5. The number of rotatable bonds is 5. The molecule has 5 heteroatoms. The fraction of sp³-hybridized carbons (Fsp3) is 0.789. The van der Waals surface area contributed by atoms with E-state index in [4.69, 9.17) is 6.57 Å². The van der Waals surface area contributed by atoms with Crippen LogP contribution in [0.1, 0.15) is 40.0 Å². The van der Waals surface area contributed by atoms with E-state index in [9.17, 15) is 4.79 Å². The molecule has 5 nitrogen and oxygen atoms in total. The summed E-state index contributed by atoms with van der Waals surface area (Å²) in [5, 5.41) is 3.57. The van der Waals surface area contributed by atoms with Crippen LogP contribution in [0.4, 0.5) is 0 Å². The summed E-state index contributed by atoms with van der Waals surface area (Å²) in [6.07, 6.45) is 7.60. The standard InChI is InChI=1S/C19H30N4O/c1-18(2,3)22-8-9-23(16(14-22)13-20-4)17(24)6-5-7-21-19-10-15(11-19)12-19/h5-6,15-16,21H,7-14H2,1-3H3/b6-5+. The summed E-state index contributed by atoms with van der Waals surface area (Å²) in [7, 11) is 0. The van der Waals surface area contributed by atoms with Crippen LogP contribution in [0.25, 0.3) is 4.85 Å². The summed E-state index contributed by atoms with van der Waals surface area (Å²) in [4.78, 5) is 20.4. The maximum absolute atomic E-state index is 12.5. The smallest absolute Gasteiger partial charge is 0.246 e. The van der Waals surface area contributed by atoms with Gasteiger partial charge in [-0.05, 0) is 46.0 Å². The van der Waals surface area contributed by atoms with Gasteiger partial charge in [0.2, 0.25) is 12.5 Å². The number of hydrogen-bond donors (Lipinski definition) is 1. The minimum Gasteiger partial charge on any atom is -0.326 e. The molecule has 132 valence electrons. The number of carbonyl (C=O) groups is 1. The number of piperazine rings is 1. The zero-order valence-electron chi connectivity index (χ0n) is 15.2. The van der Waals surface area contributed by atoms with Gasteiger partial charge in [-0.2, -0.15) is 0 Å². The van der Waals surface area contributed by atoms with Crippen LogP contribution in [-0.4, -0.2) is 65.6 Å². The van der Waals surface area contributed by atoms with Gasteiger partial charge in [0.25, 0.3) is 0 Å². The molecule has 0 radical (unpaired) electrons. The van der Waals surface area contributed by atoms with Crippen LogP contribution in [-0.2, 0) is 4.79 Å². The van der Waals surface area contributed by atoms with Crippen molar-refractivity contribution in [2.45, 2.75) is 57.2 Å². The summed E-state index contributed by atoms with van der Waals surface area (Å²) in [5.74, 6) is 1.02. The van der Waals surface area contributed by atoms with E-state index in [0.717, 1.165) is 25.6 Å². The van der Waals surface area contributed by atoms with E-state index < -0.39 is 0 Å². The van der Waals surface area contributed by atoms with Crippen LogP contribution < -0.4 is 5.32 Å². The lowest BCUT2D eigenvalue weighted by Gasteiger charge is -2.62. The van der Waals surface area contributed by atoms with Crippen molar-refractivity contribution in [2.24, 2.45) is 5.92 Å². The van der Waals surface area contributed by atoms with Crippen LogP contribution in [0.3, 0.4) is 0 Å². The van der Waals surface area contributed by atoms with E-state index in [1.165, 1.54) is 19.3 Å². The second kappa shape index (κ2) is 6.50. The zero-order valence-corrected chi connectivity index (χ0v) is 15.2. The third-order valence-electron chi connectivity index (χ3n) is 5.91. The minimum atomic E-state index is -0.00167. The summed E-state index contributed by atoms with van der Waals surface area (Å²) >= 11 is 0. The quantitative estimate of drug-likeness (QED) is 0.618. The van der Waals surface area contributed by atoms with Gasteiger partial charge in [0.05, 0.1) is 0 Å². The van der Waals surface area contributed by atoms with E-state index in [1.807, 2.05) is 11.0 Å². The second-order valence-electron chi connectivity index (χ2n) is 8.68. The molecule has 3 saturated carbocycles. The molecular formula is C19H30N4O. The molecule has 1 aliphatic heterocycles. The summed E-state index contributed by atoms with van der Waals surface area (Å²) in [6, 6.07) is -0.00167. The van der Waals surface area contributed by atoms with Gasteiger partial charge in [-0.25, -0.2) is 6.57 Å². The third-order valence-corrected chi connectivity index (χ3v) is 5.91. The average Bonchev–Trinajstić information content (AvgIpc) is 2.43. The Bertz CT molecular complexity index is 540. The number of nitrogens with one attached hydrogen (secondary N) is 1. The molecule has 0 aromatic carbocycles. The van der Waals surface area contributed by atoms with E-state index in [1.54, 1.807) is 6.08 Å². The Labute approximate surface area is 145 Å². The Morgan fingerprint density at radius 2 is 2.04 bits per heavy atom. The minimum absolute atomic E-state index is 0.00167. The van der Waals surface area contributed by atoms with Crippen LogP contribution >= 0.6 is 0 Å². The molecule has 2 bridgehead atoms. The first-order chi connectivity index (χ1) is 11.3. The molecular weight excluding hydrogens is 300 g/mol. The first-order valence-electron chi connectivity index (χ1n) is 9.13. The Morgan fingerprint density at radius 3 is 2.58 bits per heavy atom. The topological polar surface area (TPSA) is 39.9 Å². The third kappa shape index (κ3) is 3.50. The molecule has 1 heterocycles. The van der Waals surface area contributed by atoms with Gasteiger partial charge in [-0.1, -0.05) is 6.08 Å². The van der Waals surface area contributed by atoms with Crippen LogP contribution in [0.5, 0.6) is 0 Å². The van der Waals surface area contributed by atoms with E-state index in [2.05, 4.69) is 35.8 Å². The molecule has 24 heavy (non-hydrogen) atoms.